The zero-order valence-corrected chi connectivity index (χ0v) is 12.3. The molecule has 5 nitrogen and oxygen atoms in total. The van der Waals surface area contributed by atoms with Crippen molar-refractivity contribution < 1.29 is 17.6 Å². The topological polar surface area (TPSA) is 77.0 Å². The van der Waals surface area contributed by atoms with Crippen LogP contribution in [-0.4, -0.2) is 10.2 Å². The van der Waals surface area contributed by atoms with Gasteiger partial charge in [0.05, 0.1) is 23.4 Å². The zero-order chi connectivity index (χ0) is 17.2. The number of nitrogens with one attached hydrogen (secondary N) is 1. The number of anilines is 2. The Bertz CT molecular complexity index is 828. The Hall–Kier alpha value is -2.87. The van der Waals surface area contributed by atoms with Crippen molar-refractivity contribution in [3.05, 3.63) is 60.0 Å². The number of aromatic nitrogens is 2. The summed E-state index contributed by atoms with van der Waals surface area (Å²) in [5.74, 6) is 0.583. The third-order valence-electron chi connectivity index (χ3n) is 3.29. The molecule has 0 radical (unpaired) electrons. The van der Waals surface area contributed by atoms with Crippen LogP contribution in [0, 0.1) is 0 Å². The minimum atomic E-state index is -4.36. The predicted molar refractivity (Wildman–Crippen MR) is 82.4 cm³/mol. The lowest BCUT2D eigenvalue weighted by Crippen LogP contribution is -2.04. The summed E-state index contributed by atoms with van der Waals surface area (Å²) in [5, 5.41) is 10.8. The van der Waals surface area contributed by atoms with Gasteiger partial charge in [-0.1, -0.05) is 12.1 Å². The average molecular weight is 334 g/mol. The fourth-order valence-electron chi connectivity index (χ4n) is 2.12. The number of benzene rings is 2. The first-order chi connectivity index (χ1) is 11.5. The quantitative estimate of drug-likeness (QED) is 0.755. The first-order valence-corrected chi connectivity index (χ1v) is 7.03. The highest BCUT2D eigenvalue weighted by Crippen LogP contribution is 2.32. The molecule has 1 aromatic heterocycles. The number of nitrogens with two attached hydrogens (primary N) is 1. The monoisotopic (exact) mass is 334 g/mol. The van der Waals surface area contributed by atoms with Gasteiger partial charge in [0.1, 0.15) is 0 Å². The molecule has 0 aliphatic rings. The van der Waals surface area contributed by atoms with Crippen LogP contribution in [0.3, 0.4) is 0 Å². The standard InChI is InChI=1S/C16H13F3N4O/c17-16(18,19)10-5-7-11(8-6-10)21-13-4-2-1-3-12(13)15-23-22-14(9-20)24-15/h1-8,21H,9,20H2. The van der Waals surface area contributed by atoms with Gasteiger partial charge in [-0.15, -0.1) is 10.2 Å². The van der Waals surface area contributed by atoms with Crippen LogP contribution in [0.25, 0.3) is 11.5 Å². The average Bonchev–Trinajstić information content (AvgIpc) is 3.04. The molecule has 2 aromatic carbocycles. The summed E-state index contributed by atoms with van der Waals surface area (Å²) in [7, 11) is 0. The van der Waals surface area contributed by atoms with Crippen molar-refractivity contribution in [3.8, 4) is 11.5 Å². The summed E-state index contributed by atoms with van der Waals surface area (Å²) in [6.07, 6.45) is -4.36. The zero-order valence-electron chi connectivity index (χ0n) is 12.3. The maximum absolute atomic E-state index is 12.6. The molecule has 0 saturated heterocycles. The number of para-hydroxylation sites is 1. The van der Waals surface area contributed by atoms with E-state index in [0.717, 1.165) is 12.1 Å². The van der Waals surface area contributed by atoms with E-state index in [2.05, 4.69) is 15.5 Å². The Balaban J connectivity index is 1.88. The molecule has 24 heavy (non-hydrogen) atoms. The van der Waals surface area contributed by atoms with Gasteiger partial charge in [0.2, 0.25) is 11.8 Å². The van der Waals surface area contributed by atoms with Crippen molar-refractivity contribution in [2.24, 2.45) is 5.73 Å². The van der Waals surface area contributed by atoms with Crippen LogP contribution in [-0.2, 0) is 12.7 Å². The molecule has 3 rings (SSSR count). The van der Waals surface area contributed by atoms with Gasteiger partial charge in [-0.05, 0) is 36.4 Å². The summed E-state index contributed by atoms with van der Waals surface area (Å²) in [5.41, 5.74) is 6.51. The van der Waals surface area contributed by atoms with Crippen LogP contribution in [0.5, 0.6) is 0 Å². The lowest BCUT2D eigenvalue weighted by molar-refractivity contribution is -0.137. The van der Waals surface area contributed by atoms with Gasteiger partial charge in [0.15, 0.2) is 0 Å². The van der Waals surface area contributed by atoms with E-state index in [4.69, 9.17) is 10.2 Å². The lowest BCUT2D eigenvalue weighted by Gasteiger charge is -2.11. The number of hydrogen-bond donors (Lipinski definition) is 2. The molecule has 1 heterocycles. The molecule has 3 N–H and O–H groups in total. The van der Waals surface area contributed by atoms with Gasteiger partial charge < -0.3 is 15.5 Å². The molecule has 0 aliphatic heterocycles. The first-order valence-electron chi connectivity index (χ1n) is 7.03. The van der Waals surface area contributed by atoms with Crippen LogP contribution in [0.4, 0.5) is 24.5 Å². The van der Waals surface area contributed by atoms with Crippen LogP contribution < -0.4 is 11.1 Å². The molecular weight excluding hydrogens is 321 g/mol. The molecule has 0 atom stereocenters. The van der Waals surface area contributed by atoms with Gasteiger partial charge in [0, 0.05) is 5.69 Å². The molecule has 0 fully saturated rings. The van der Waals surface area contributed by atoms with Gasteiger partial charge in [-0.25, -0.2) is 0 Å². The summed E-state index contributed by atoms with van der Waals surface area (Å²) >= 11 is 0. The van der Waals surface area contributed by atoms with Gasteiger partial charge in [0.25, 0.3) is 0 Å². The summed E-state index contributed by atoms with van der Waals surface area (Å²) in [6, 6.07) is 11.9. The summed E-state index contributed by atoms with van der Waals surface area (Å²) in [4.78, 5) is 0. The largest absolute Gasteiger partial charge is 0.419 e. The minimum Gasteiger partial charge on any atom is -0.419 e. The maximum atomic E-state index is 12.6. The Kier molecular flexibility index (Phi) is 4.22. The Morgan fingerprint density at radius 3 is 2.33 bits per heavy atom. The van der Waals surface area contributed by atoms with E-state index in [0.29, 0.717) is 22.8 Å². The fraction of sp³-hybridized carbons (Fsp3) is 0.125. The van der Waals surface area contributed by atoms with Crippen LogP contribution in [0.15, 0.2) is 52.9 Å². The second-order valence-electron chi connectivity index (χ2n) is 4.95. The Labute approximate surface area is 135 Å². The van der Waals surface area contributed by atoms with Gasteiger partial charge >= 0.3 is 6.18 Å². The second kappa shape index (κ2) is 6.32. The van der Waals surface area contributed by atoms with Crippen LogP contribution >= 0.6 is 0 Å². The number of hydrogen-bond acceptors (Lipinski definition) is 5. The SMILES string of the molecule is NCc1nnc(-c2ccccc2Nc2ccc(C(F)(F)F)cc2)o1. The van der Waals surface area contributed by atoms with E-state index in [1.807, 2.05) is 0 Å². The van der Waals surface area contributed by atoms with E-state index < -0.39 is 11.7 Å². The summed E-state index contributed by atoms with van der Waals surface area (Å²) < 4.78 is 43.3. The van der Waals surface area contributed by atoms with E-state index >= 15 is 0 Å². The lowest BCUT2D eigenvalue weighted by atomic mass is 10.1. The predicted octanol–water partition coefficient (Wildman–Crippen LogP) is 3.96. The third-order valence-corrected chi connectivity index (χ3v) is 3.29. The van der Waals surface area contributed by atoms with E-state index in [9.17, 15) is 13.2 Å². The van der Waals surface area contributed by atoms with Crippen LogP contribution in [0.1, 0.15) is 11.5 Å². The Morgan fingerprint density at radius 1 is 1.00 bits per heavy atom. The highest BCUT2D eigenvalue weighted by molar-refractivity contribution is 5.76. The molecule has 0 aliphatic carbocycles. The molecule has 0 unspecified atom stereocenters. The maximum Gasteiger partial charge on any atom is 0.416 e. The first kappa shape index (κ1) is 16.0. The highest BCUT2D eigenvalue weighted by atomic mass is 19.4. The smallest absolute Gasteiger partial charge is 0.416 e. The van der Waals surface area contributed by atoms with E-state index in [1.165, 1.54) is 12.1 Å². The normalized spacial score (nSPS) is 11.5. The van der Waals surface area contributed by atoms with Crippen LogP contribution in [0.2, 0.25) is 0 Å². The highest BCUT2D eigenvalue weighted by Gasteiger charge is 2.29. The Morgan fingerprint density at radius 2 is 1.71 bits per heavy atom. The number of rotatable bonds is 4. The van der Waals surface area contributed by atoms with E-state index in [-0.39, 0.29) is 12.4 Å². The molecule has 0 saturated carbocycles. The number of halogens is 3. The van der Waals surface area contributed by atoms with Gasteiger partial charge in [-0.3, -0.25) is 0 Å². The molecule has 8 heteroatoms. The van der Waals surface area contributed by atoms with Crippen molar-refractivity contribution in [1.82, 2.24) is 10.2 Å². The van der Waals surface area contributed by atoms with Gasteiger partial charge in [-0.2, -0.15) is 13.2 Å². The minimum absolute atomic E-state index is 0.126. The van der Waals surface area contributed by atoms with Crippen molar-refractivity contribution in [2.75, 3.05) is 5.32 Å². The van der Waals surface area contributed by atoms with Crippen molar-refractivity contribution in [2.45, 2.75) is 12.7 Å². The molecular formula is C16H13F3N4O. The van der Waals surface area contributed by atoms with E-state index in [1.54, 1.807) is 24.3 Å². The fourth-order valence-corrected chi connectivity index (χ4v) is 2.12. The molecule has 0 spiro atoms. The van der Waals surface area contributed by atoms with Crippen molar-refractivity contribution in [1.29, 1.82) is 0 Å². The molecule has 0 bridgehead atoms. The number of alkyl halides is 3. The molecule has 0 amide bonds. The molecule has 124 valence electrons. The third kappa shape index (κ3) is 3.38. The second-order valence-corrected chi connectivity index (χ2v) is 4.95. The summed E-state index contributed by atoms with van der Waals surface area (Å²) in [6.45, 7) is 0.126. The molecule has 3 aromatic rings. The number of nitrogens with zero attached hydrogens (tertiary/aromatic N) is 2. The van der Waals surface area contributed by atoms with Crippen molar-refractivity contribution >= 4 is 11.4 Å². The van der Waals surface area contributed by atoms with Crippen molar-refractivity contribution in [3.63, 3.8) is 0 Å².